The van der Waals surface area contributed by atoms with Crippen molar-refractivity contribution in [3.8, 4) is 11.5 Å². The van der Waals surface area contributed by atoms with E-state index in [2.05, 4.69) is 10.3 Å². The van der Waals surface area contributed by atoms with Crippen LogP contribution in [0.15, 0.2) is 42.5 Å². The predicted molar refractivity (Wildman–Crippen MR) is 120 cm³/mol. The second-order valence-corrected chi connectivity index (χ2v) is 8.84. The van der Waals surface area contributed by atoms with Gasteiger partial charge < -0.3 is 24.5 Å². The highest BCUT2D eigenvalue weighted by molar-refractivity contribution is 6.04. The van der Waals surface area contributed by atoms with Gasteiger partial charge in [-0.1, -0.05) is 6.07 Å². The zero-order chi connectivity index (χ0) is 21.7. The Morgan fingerprint density at radius 3 is 2.62 bits per heavy atom. The molecule has 1 aliphatic carbocycles. The standard InChI is InChI=1S/C25H24N2O5.H2/c28-23(15-5-9-30-10-6-15)20-12-16-11-18(2-3-19(16)27-20)26-24(29)25(7-8-25)17-1-4-21-22(13-17)32-14-31-21;/h1-4,11-13,15,27H,5-10,14H2,(H,26,29);1H. The predicted octanol–water partition coefficient (Wildman–Crippen LogP) is 4.42. The lowest BCUT2D eigenvalue weighted by molar-refractivity contribution is -0.118. The van der Waals surface area contributed by atoms with Gasteiger partial charge >= 0.3 is 0 Å². The molecule has 1 aromatic heterocycles. The molecule has 0 bridgehead atoms. The second-order valence-electron chi connectivity index (χ2n) is 8.84. The van der Waals surface area contributed by atoms with Crippen LogP contribution in [-0.2, 0) is 14.9 Å². The number of amides is 1. The van der Waals surface area contributed by atoms with E-state index >= 15 is 0 Å². The number of fused-ring (bicyclic) bond motifs is 2. The highest BCUT2D eigenvalue weighted by Crippen LogP contribution is 2.51. The zero-order valence-corrected chi connectivity index (χ0v) is 17.6. The van der Waals surface area contributed by atoms with Crippen molar-refractivity contribution in [1.29, 1.82) is 0 Å². The average molecular weight is 434 g/mol. The van der Waals surface area contributed by atoms with Gasteiger partial charge in [-0.25, -0.2) is 0 Å². The van der Waals surface area contributed by atoms with E-state index in [1.54, 1.807) is 0 Å². The molecule has 3 aliphatic rings. The van der Waals surface area contributed by atoms with Gasteiger partial charge in [-0.05, 0) is 67.6 Å². The van der Waals surface area contributed by atoms with E-state index in [0.29, 0.717) is 30.4 Å². The van der Waals surface area contributed by atoms with Gasteiger partial charge in [0.2, 0.25) is 12.7 Å². The van der Waals surface area contributed by atoms with Crippen molar-refractivity contribution in [1.82, 2.24) is 4.98 Å². The first kappa shape index (κ1) is 19.4. The van der Waals surface area contributed by atoms with Gasteiger partial charge in [0.1, 0.15) is 0 Å². The topological polar surface area (TPSA) is 89.7 Å². The summed E-state index contributed by atoms with van der Waals surface area (Å²) in [5.74, 6) is 1.53. The number of hydrogen-bond acceptors (Lipinski definition) is 5. The van der Waals surface area contributed by atoms with E-state index < -0.39 is 5.41 Å². The van der Waals surface area contributed by atoms with Gasteiger partial charge in [-0.2, -0.15) is 0 Å². The maximum absolute atomic E-state index is 13.2. The fraction of sp³-hybridized carbons (Fsp3) is 0.360. The Hall–Kier alpha value is -3.32. The molecule has 1 amide bonds. The fourth-order valence-electron chi connectivity index (χ4n) is 4.74. The highest BCUT2D eigenvalue weighted by atomic mass is 16.7. The number of ketones is 1. The quantitative estimate of drug-likeness (QED) is 0.580. The third-order valence-corrected chi connectivity index (χ3v) is 6.85. The molecule has 32 heavy (non-hydrogen) atoms. The Balaban J connectivity index is 0.00000228. The maximum atomic E-state index is 13.2. The van der Waals surface area contributed by atoms with Crippen molar-refractivity contribution in [2.75, 3.05) is 25.3 Å². The SMILES string of the molecule is O=C(c1cc2cc(NC(=O)C3(c4ccc5c(c4)OCO5)CC3)ccc2[nH]1)C1CCOCC1.[HH]. The number of hydrogen-bond donors (Lipinski definition) is 2. The van der Waals surface area contributed by atoms with Crippen LogP contribution in [0.4, 0.5) is 5.69 Å². The Labute approximate surface area is 186 Å². The van der Waals surface area contributed by atoms with Crippen LogP contribution in [0.3, 0.4) is 0 Å². The Kier molecular flexibility index (Phi) is 4.47. The normalized spacial score (nSPS) is 19.1. The minimum Gasteiger partial charge on any atom is -0.454 e. The van der Waals surface area contributed by atoms with Gasteiger partial charge in [0.15, 0.2) is 17.3 Å². The number of anilines is 1. The Morgan fingerprint density at radius 1 is 1.00 bits per heavy atom. The van der Waals surface area contributed by atoms with E-state index in [4.69, 9.17) is 14.2 Å². The molecule has 3 aromatic rings. The molecule has 0 radical (unpaired) electrons. The molecule has 0 spiro atoms. The van der Waals surface area contributed by atoms with E-state index in [-0.39, 0.29) is 25.8 Å². The van der Waals surface area contributed by atoms with Crippen LogP contribution >= 0.6 is 0 Å². The molecule has 2 fully saturated rings. The molecule has 2 aromatic carbocycles. The molecule has 2 N–H and O–H groups in total. The monoisotopic (exact) mass is 434 g/mol. The summed E-state index contributed by atoms with van der Waals surface area (Å²) in [4.78, 5) is 29.3. The van der Waals surface area contributed by atoms with Crippen molar-refractivity contribution in [2.24, 2.45) is 5.92 Å². The highest BCUT2D eigenvalue weighted by Gasteiger charge is 2.51. The molecule has 166 valence electrons. The van der Waals surface area contributed by atoms with Crippen molar-refractivity contribution < 1.29 is 25.2 Å². The minimum absolute atomic E-state index is 0. The van der Waals surface area contributed by atoms with Gasteiger partial charge in [0.05, 0.1) is 11.1 Å². The number of Topliss-reactive ketones (excluding diaryl/α,β-unsaturated/α-hetero) is 1. The lowest BCUT2D eigenvalue weighted by atomic mass is 9.93. The van der Waals surface area contributed by atoms with Crippen LogP contribution in [0.2, 0.25) is 0 Å². The van der Waals surface area contributed by atoms with Crippen molar-refractivity contribution in [2.45, 2.75) is 31.1 Å². The molecule has 7 heteroatoms. The van der Waals surface area contributed by atoms with Crippen molar-refractivity contribution >= 4 is 28.3 Å². The van der Waals surface area contributed by atoms with Crippen LogP contribution in [0.1, 0.15) is 43.2 Å². The number of aromatic nitrogens is 1. The van der Waals surface area contributed by atoms with Gasteiger partial charge in [0, 0.05) is 37.1 Å². The van der Waals surface area contributed by atoms with Gasteiger partial charge in [0.25, 0.3) is 0 Å². The summed E-state index contributed by atoms with van der Waals surface area (Å²) in [7, 11) is 0. The molecular weight excluding hydrogens is 408 g/mol. The fourth-order valence-corrected chi connectivity index (χ4v) is 4.74. The summed E-state index contributed by atoms with van der Waals surface area (Å²) in [5, 5.41) is 3.99. The molecule has 6 rings (SSSR count). The Bertz CT molecular complexity index is 1230. The molecule has 0 atom stereocenters. The van der Waals surface area contributed by atoms with Crippen LogP contribution in [0.5, 0.6) is 11.5 Å². The third-order valence-electron chi connectivity index (χ3n) is 6.85. The van der Waals surface area contributed by atoms with E-state index in [1.807, 2.05) is 42.5 Å². The molecule has 7 nitrogen and oxygen atoms in total. The second kappa shape index (κ2) is 7.38. The van der Waals surface area contributed by atoms with E-state index in [0.717, 1.165) is 47.8 Å². The number of carbonyl (C=O) groups is 2. The number of nitrogens with one attached hydrogen (secondary N) is 2. The number of carbonyl (C=O) groups excluding carboxylic acids is 2. The Morgan fingerprint density at radius 2 is 1.81 bits per heavy atom. The molecule has 0 unspecified atom stereocenters. The first-order valence-corrected chi connectivity index (χ1v) is 11.1. The van der Waals surface area contributed by atoms with Gasteiger partial charge in [-0.15, -0.1) is 0 Å². The molecule has 1 saturated heterocycles. The summed E-state index contributed by atoms with van der Waals surface area (Å²) in [6.07, 6.45) is 3.12. The lowest BCUT2D eigenvalue weighted by Crippen LogP contribution is -2.27. The third kappa shape index (κ3) is 3.24. The van der Waals surface area contributed by atoms with Crippen LogP contribution in [0, 0.1) is 5.92 Å². The number of benzene rings is 2. The zero-order valence-electron chi connectivity index (χ0n) is 17.6. The van der Waals surface area contributed by atoms with Crippen molar-refractivity contribution in [3.05, 3.63) is 53.7 Å². The molecule has 1 saturated carbocycles. The molecule has 3 heterocycles. The largest absolute Gasteiger partial charge is 0.454 e. The number of H-pyrrole nitrogens is 1. The van der Waals surface area contributed by atoms with Gasteiger partial charge in [-0.3, -0.25) is 9.59 Å². The summed E-state index contributed by atoms with van der Waals surface area (Å²) in [6, 6.07) is 13.3. The summed E-state index contributed by atoms with van der Waals surface area (Å²) < 4.78 is 16.2. The van der Waals surface area contributed by atoms with E-state index in [1.165, 1.54) is 0 Å². The van der Waals surface area contributed by atoms with Crippen LogP contribution in [0.25, 0.3) is 10.9 Å². The van der Waals surface area contributed by atoms with Crippen LogP contribution in [-0.4, -0.2) is 36.7 Å². The molecular formula is C25H26N2O5. The number of ether oxygens (including phenoxy) is 3. The summed E-state index contributed by atoms with van der Waals surface area (Å²) in [6.45, 7) is 1.49. The molecule has 2 aliphatic heterocycles. The van der Waals surface area contributed by atoms with Crippen LogP contribution < -0.4 is 14.8 Å². The smallest absolute Gasteiger partial charge is 0.235 e. The summed E-state index contributed by atoms with van der Waals surface area (Å²) >= 11 is 0. The first-order chi connectivity index (χ1) is 15.6. The van der Waals surface area contributed by atoms with Crippen molar-refractivity contribution in [3.63, 3.8) is 0 Å². The number of rotatable bonds is 5. The minimum atomic E-state index is -0.530. The number of aromatic amines is 1. The maximum Gasteiger partial charge on any atom is 0.235 e. The summed E-state index contributed by atoms with van der Waals surface area (Å²) in [5.41, 5.74) is 2.65. The first-order valence-electron chi connectivity index (χ1n) is 11.1. The van der Waals surface area contributed by atoms with E-state index in [9.17, 15) is 9.59 Å². The lowest BCUT2D eigenvalue weighted by Gasteiger charge is -2.20. The average Bonchev–Trinajstić information content (AvgIpc) is 3.32.